The average molecular weight is 116 g/mol. The molecule has 0 spiro atoms. The molecule has 3 heteroatoms. The molecule has 0 unspecified atom stereocenters. The van der Waals surface area contributed by atoms with Crippen molar-refractivity contribution in [2.45, 2.75) is 19.9 Å². The van der Waals surface area contributed by atoms with Crippen LogP contribution in [0, 0.1) is 0 Å². The molecule has 0 aliphatic heterocycles. The minimum absolute atomic E-state index is 0.110. The van der Waals surface area contributed by atoms with Gasteiger partial charge in [-0.15, -0.1) is 0 Å². The van der Waals surface area contributed by atoms with Gasteiger partial charge in [0.15, 0.2) is 0 Å². The lowest BCUT2D eigenvalue weighted by Gasteiger charge is -1.92. The van der Waals surface area contributed by atoms with Crippen molar-refractivity contribution >= 4 is 15.7 Å². The highest BCUT2D eigenvalue weighted by Gasteiger charge is 1.92. The Balaban J connectivity index is 3.00. The Labute approximate surface area is 45.8 Å². The molecule has 0 rings (SSSR count). The number of rotatable bonds is 2. The molecule has 2 radical (unpaired) electrons. The van der Waals surface area contributed by atoms with Crippen LogP contribution in [0.15, 0.2) is 0 Å². The highest BCUT2D eigenvalue weighted by atomic mass is 28.2. The van der Waals surface area contributed by atoms with E-state index in [-0.39, 0.29) is 5.97 Å². The minimum Gasteiger partial charge on any atom is -0.517 e. The van der Waals surface area contributed by atoms with Gasteiger partial charge in [-0.05, 0) is 6.55 Å². The fraction of sp³-hybridized carbons (Fsp3) is 0.750. The standard InChI is InChI=1S/C4H8O2Si/c1-3-4(5)6-7-2/h3H2,1-2H3. The fourth-order valence-corrected chi connectivity index (χ4v) is 0.558. The summed E-state index contributed by atoms with van der Waals surface area (Å²) in [7, 11) is 0.295. The van der Waals surface area contributed by atoms with Crippen molar-refractivity contribution in [1.82, 2.24) is 0 Å². The molecule has 0 aliphatic rings. The van der Waals surface area contributed by atoms with E-state index in [1.54, 1.807) is 6.92 Å². The lowest BCUT2D eigenvalue weighted by atomic mass is 10.5. The van der Waals surface area contributed by atoms with Crippen molar-refractivity contribution < 1.29 is 9.22 Å². The molecule has 0 fully saturated rings. The van der Waals surface area contributed by atoms with Crippen molar-refractivity contribution in [1.29, 1.82) is 0 Å². The van der Waals surface area contributed by atoms with Gasteiger partial charge in [-0.1, -0.05) is 6.92 Å². The lowest BCUT2D eigenvalue weighted by Crippen LogP contribution is -2.02. The molecule has 0 aliphatic carbocycles. The molecule has 0 aromatic rings. The first-order chi connectivity index (χ1) is 3.31. The van der Waals surface area contributed by atoms with Gasteiger partial charge in [-0.3, -0.25) is 4.79 Å². The van der Waals surface area contributed by atoms with Crippen molar-refractivity contribution in [3.63, 3.8) is 0 Å². The number of carbonyl (C=O) groups excluding carboxylic acids is 1. The van der Waals surface area contributed by atoms with Crippen LogP contribution in [0.1, 0.15) is 13.3 Å². The van der Waals surface area contributed by atoms with E-state index in [1.165, 1.54) is 0 Å². The van der Waals surface area contributed by atoms with E-state index in [0.29, 0.717) is 16.2 Å². The molecular weight excluding hydrogens is 108 g/mol. The Morgan fingerprint density at radius 1 is 1.86 bits per heavy atom. The van der Waals surface area contributed by atoms with E-state index in [4.69, 9.17) is 0 Å². The van der Waals surface area contributed by atoms with E-state index in [2.05, 4.69) is 4.43 Å². The summed E-state index contributed by atoms with van der Waals surface area (Å²) in [6.45, 7) is 3.61. The second kappa shape index (κ2) is 3.86. The molecule has 0 saturated heterocycles. The van der Waals surface area contributed by atoms with Gasteiger partial charge >= 0.3 is 9.76 Å². The maximum Gasteiger partial charge on any atom is 0.311 e. The van der Waals surface area contributed by atoms with Crippen LogP contribution in [-0.2, 0) is 9.22 Å². The minimum atomic E-state index is -0.110. The summed E-state index contributed by atoms with van der Waals surface area (Å²) >= 11 is 0. The molecule has 0 amide bonds. The van der Waals surface area contributed by atoms with E-state index >= 15 is 0 Å². The maximum absolute atomic E-state index is 10.2. The first-order valence-corrected chi connectivity index (χ1v) is 3.58. The summed E-state index contributed by atoms with van der Waals surface area (Å²) in [5.41, 5.74) is 0. The number of hydrogen-bond donors (Lipinski definition) is 0. The third kappa shape index (κ3) is 3.52. The Bertz CT molecular complexity index is 62.7. The van der Waals surface area contributed by atoms with E-state index in [1.807, 2.05) is 6.55 Å². The predicted molar refractivity (Wildman–Crippen MR) is 28.0 cm³/mol. The fourth-order valence-electron chi connectivity index (χ4n) is 0.186. The van der Waals surface area contributed by atoms with E-state index < -0.39 is 0 Å². The zero-order chi connectivity index (χ0) is 5.70. The molecule has 0 aromatic carbocycles. The van der Waals surface area contributed by atoms with Gasteiger partial charge < -0.3 is 4.43 Å². The Kier molecular flexibility index (Phi) is 3.69. The van der Waals surface area contributed by atoms with Crippen LogP contribution < -0.4 is 0 Å². The Morgan fingerprint density at radius 2 is 2.43 bits per heavy atom. The number of carbonyl (C=O) groups is 1. The van der Waals surface area contributed by atoms with E-state index in [0.717, 1.165) is 0 Å². The normalized spacial score (nSPS) is 8.29. The van der Waals surface area contributed by atoms with Crippen LogP contribution >= 0.6 is 0 Å². The van der Waals surface area contributed by atoms with Crippen molar-refractivity contribution in [3.05, 3.63) is 0 Å². The monoisotopic (exact) mass is 116 g/mol. The van der Waals surface area contributed by atoms with Crippen LogP contribution in [-0.4, -0.2) is 15.7 Å². The topological polar surface area (TPSA) is 26.3 Å². The maximum atomic E-state index is 10.2. The Morgan fingerprint density at radius 3 is 2.57 bits per heavy atom. The predicted octanol–water partition coefficient (Wildman–Crippen LogP) is 0.607. The average Bonchev–Trinajstić information content (AvgIpc) is 1.68. The highest BCUT2D eigenvalue weighted by Crippen LogP contribution is 1.79. The lowest BCUT2D eigenvalue weighted by molar-refractivity contribution is -0.133. The van der Waals surface area contributed by atoms with Gasteiger partial charge in [-0.25, -0.2) is 0 Å². The van der Waals surface area contributed by atoms with Gasteiger partial charge in [-0.2, -0.15) is 0 Å². The largest absolute Gasteiger partial charge is 0.517 e. The molecular formula is C4H8O2Si. The molecule has 0 aromatic heterocycles. The first kappa shape index (κ1) is 6.69. The summed E-state index contributed by atoms with van der Waals surface area (Å²) in [4.78, 5) is 10.2. The molecule has 0 bridgehead atoms. The Hall–Kier alpha value is -0.313. The second-order valence-corrected chi connectivity index (χ2v) is 1.64. The molecule has 2 nitrogen and oxygen atoms in total. The zero-order valence-electron chi connectivity index (χ0n) is 4.52. The van der Waals surface area contributed by atoms with Crippen molar-refractivity contribution in [2.24, 2.45) is 0 Å². The summed E-state index contributed by atoms with van der Waals surface area (Å²) in [5, 5.41) is 0. The van der Waals surface area contributed by atoms with Gasteiger partial charge in [0, 0.05) is 6.42 Å². The highest BCUT2D eigenvalue weighted by molar-refractivity contribution is 6.28. The summed E-state index contributed by atoms with van der Waals surface area (Å²) in [5.74, 6) is -0.110. The van der Waals surface area contributed by atoms with Gasteiger partial charge in [0.1, 0.15) is 0 Å². The summed E-state index contributed by atoms with van der Waals surface area (Å²) in [6.07, 6.45) is 0.487. The molecule has 7 heavy (non-hydrogen) atoms. The smallest absolute Gasteiger partial charge is 0.311 e. The van der Waals surface area contributed by atoms with Crippen LogP contribution in [0.2, 0.25) is 6.55 Å². The van der Waals surface area contributed by atoms with Gasteiger partial charge in [0.2, 0.25) is 0 Å². The number of hydrogen-bond acceptors (Lipinski definition) is 2. The third-order valence-corrected chi connectivity index (χ3v) is 0.936. The third-order valence-electron chi connectivity index (χ3n) is 0.505. The second-order valence-electron chi connectivity index (χ2n) is 1.03. The van der Waals surface area contributed by atoms with E-state index in [9.17, 15) is 4.79 Å². The van der Waals surface area contributed by atoms with Crippen molar-refractivity contribution in [2.75, 3.05) is 0 Å². The van der Waals surface area contributed by atoms with Gasteiger partial charge in [0.05, 0.1) is 0 Å². The first-order valence-electron chi connectivity index (χ1n) is 2.17. The SMILES string of the molecule is CCC(=O)O[Si]C. The molecule has 0 saturated carbocycles. The van der Waals surface area contributed by atoms with Crippen LogP contribution in [0.4, 0.5) is 0 Å². The van der Waals surface area contributed by atoms with Crippen LogP contribution in [0.5, 0.6) is 0 Å². The summed E-state index contributed by atoms with van der Waals surface area (Å²) in [6, 6.07) is 0. The zero-order valence-corrected chi connectivity index (χ0v) is 5.52. The van der Waals surface area contributed by atoms with Crippen LogP contribution in [0.25, 0.3) is 0 Å². The van der Waals surface area contributed by atoms with Crippen molar-refractivity contribution in [3.8, 4) is 0 Å². The van der Waals surface area contributed by atoms with Crippen LogP contribution in [0.3, 0.4) is 0 Å². The molecule has 0 atom stereocenters. The molecule has 0 N–H and O–H groups in total. The summed E-state index contributed by atoms with van der Waals surface area (Å²) < 4.78 is 4.58. The quantitative estimate of drug-likeness (QED) is 0.494. The molecule has 0 heterocycles. The van der Waals surface area contributed by atoms with Gasteiger partial charge in [0.25, 0.3) is 5.97 Å². The molecule has 40 valence electrons.